The van der Waals surface area contributed by atoms with Crippen LogP contribution >= 0.6 is 0 Å². The van der Waals surface area contributed by atoms with E-state index in [0.29, 0.717) is 62.4 Å². The molecule has 524 valence electrons. The highest BCUT2D eigenvalue weighted by Crippen LogP contribution is 2.51. The lowest BCUT2D eigenvalue weighted by atomic mass is 9.74. The lowest BCUT2D eigenvalue weighted by molar-refractivity contribution is -0.116. The van der Waals surface area contributed by atoms with Crippen molar-refractivity contribution in [2.24, 2.45) is 0 Å². The van der Waals surface area contributed by atoms with Gasteiger partial charge in [0.15, 0.2) is 9.84 Å². The zero-order valence-electron chi connectivity index (χ0n) is 57.8. The molecule has 6 fully saturated rings. The number of rotatable bonds is 10. The van der Waals surface area contributed by atoms with Crippen LogP contribution in [0.15, 0.2) is 90.0 Å². The molecular formula is C73H105FN12O9S. The molecule has 0 atom stereocenters. The van der Waals surface area contributed by atoms with Crippen molar-refractivity contribution in [3.63, 3.8) is 0 Å². The van der Waals surface area contributed by atoms with E-state index in [4.69, 9.17) is 9.47 Å². The first-order valence-electron chi connectivity index (χ1n) is 35.5. The van der Waals surface area contributed by atoms with Gasteiger partial charge in [-0.15, -0.1) is 0 Å². The van der Waals surface area contributed by atoms with Crippen molar-refractivity contribution in [3.05, 3.63) is 108 Å². The standard InChI is InChI=1S/C25H32FN5O.C25H38N4O3.C23H33N3O5S.H2/c1-28(2)24(32)31-18-25(21-17-19(26)6-7-22(21)31)10-15-29(16-11-25)20-8-13-30(14-9-20)23-5-3-4-12-27-23;1-3-5-14-26-23(30)29-19-25(21-8-6-7-9-22(21)29)12-17-27(18-13-25)20-10-15-28(16-11-20)24(31)32-4-2;1-4-31-22(28)25-11-7-18(8-12-25)24-13-9-23(10-14-24)16-26(17(2)27)21-6-5-19(15-20(21)23)32(3,29)30;/h3-7,12,17,20H,8-11,13-16,18H2,1-2H3;6-9,20H,3-5,10-19H2,1-2H3,(H,26,30);5-6,15,18H,4,7-14,16H2,1-3H3;1H. The lowest BCUT2D eigenvalue weighted by Gasteiger charge is -2.45. The van der Waals surface area contributed by atoms with Gasteiger partial charge in [0.2, 0.25) is 5.91 Å². The Bertz CT molecular complexity index is 3490. The average molecular weight is 1350 g/mol. The number of fused-ring (bicyclic) bond motifs is 6. The second-order valence-corrected chi connectivity index (χ2v) is 30.4. The molecule has 0 unspecified atom stereocenters. The van der Waals surface area contributed by atoms with E-state index < -0.39 is 9.84 Å². The highest BCUT2D eigenvalue weighted by Gasteiger charge is 2.51. The minimum Gasteiger partial charge on any atom is -0.450 e. The summed E-state index contributed by atoms with van der Waals surface area (Å²) in [5.41, 5.74) is 5.85. The van der Waals surface area contributed by atoms with Gasteiger partial charge in [0.1, 0.15) is 11.6 Å². The van der Waals surface area contributed by atoms with Crippen molar-refractivity contribution in [1.29, 1.82) is 0 Å². The first-order valence-corrected chi connectivity index (χ1v) is 37.4. The molecule has 6 saturated heterocycles. The maximum absolute atomic E-state index is 14.2. The molecule has 1 N–H and O–H groups in total. The van der Waals surface area contributed by atoms with Crippen LogP contribution in [0.1, 0.15) is 136 Å². The molecule has 96 heavy (non-hydrogen) atoms. The molecule has 7 amide bonds. The van der Waals surface area contributed by atoms with Crippen LogP contribution in [0.25, 0.3) is 0 Å². The summed E-state index contributed by atoms with van der Waals surface area (Å²) in [6.45, 7) is 21.9. The molecule has 9 aliphatic heterocycles. The van der Waals surface area contributed by atoms with Crippen LogP contribution in [0.4, 0.5) is 46.4 Å². The van der Waals surface area contributed by atoms with E-state index in [-0.39, 0.29) is 53.6 Å². The fourth-order valence-electron chi connectivity index (χ4n) is 17.0. The molecule has 4 aromatic rings. The Morgan fingerprint density at radius 3 is 1.53 bits per heavy atom. The Balaban J connectivity index is 0.000000157. The number of amides is 7. The fraction of sp³-hybridized carbons (Fsp3) is 0.616. The number of carbonyl (C=O) groups excluding carboxylic acids is 5. The van der Waals surface area contributed by atoms with Gasteiger partial charge in [-0.25, -0.2) is 37.0 Å². The molecule has 0 bridgehead atoms. The third-order valence-electron chi connectivity index (χ3n) is 22.5. The van der Waals surface area contributed by atoms with Crippen molar-refractivity contribution in [2.45, 2.75) is 157 Å². The molecule has 9 aliphatic rings. The van der Waals surface area contributed by atoms with Crippen molar-refractivity contribution in [1.82, 2.24) is 39.7 Å². The first-order chi connectivity index (χ1) is 46.2. The van der Waals surface area contributed by atoms with Crippen molar-refractivity contribution in [3.8, 4) is 0 Å². The minimum absolute atomic E-state index is 0. The molecule has 3 spiro atoms. The number of benzene rings is 3. The normalized spacial score (nSPS) is 21.2. The van der Waals surface area contributed by atoms with Crippen LogP contribution in [-0.4, -0.2) is 229 Å². The van der Waals surface area contributed by atoms with Crippen LogP contribution in [0.2, 0.25) is 0 Å². The first kappa shape index (κ1) is 70.2. The van der Waals surface area contributed by atoms with E-state index in [1.807, 2.05) is 52.9 Å². The van der Waals surface area contributed by atoms with Crippen LogP contribution in [0.5, 0.6) is 0 Å². The largest absolute Gasteiger partial charge is 0.450 e. The number of likely N-dealkylation sites (tertiary alicyclic amines) is 5. The monoisotopic (exact) mass is 1340 g/mol. The fourth-order valence-corrected chi connectivity index (χ4v) is 17.6. The van der Waals surface area contributed by atoms with E-state index in [1.54, 1.807) is 66.1 Å². The highest BCUT2D eigenvalue weighted by atomic mass is 32.2. The Morgan fingerprint density at radius 2 is 1.04 bits per heavy atom. The maximum atomic E-state index is 14.2. The van der Waals surface area contributed by atoms with Gasteiger partial charge < -0.3 is 54.0 Å². The van der Waals surface area contributed by atoms with Crippen LogP contribution in [0, 0.1) is 5.82 Å². The number of aromatic nitrogens is 1. The summed E-state index contributed by atoms with van der Waals surface area (Å²) in [7, 11) is 0.230. The lowest BCUT2D eigenvalue weighted by Crippen LogP contribution is -2.53. The summed E-state index contributed by atoms with van der Waals surface area (Å²) in [4.78, 5) is 87.8. The number of carbonyl (C=O) groups is 5. The zero-order valence-corrected chi connectivity index (χ0v) is 58.6. The average Bonchev–Trinajstić information content (AvgIpc) is 1.61. The molecule has 0 aliphatic carbocycles. The minimum atomic E-state index is -3.32. The Hall–Kier alpha value is -7.08. The number of ether oxygens (including phenoxy) is 2. The van der Waals surface area contributed by atoms with Gasteiger partial charge in [0.25, 0.3) is 0 Å². The Labute approximate surface area is 569 Å². The number of pyridine rings is 1. The van der Waals surface area contributed by atoms with Gasteiger partial charge in [-0.1, -0.05) is 37.6 Å². The maximum Gasteiger partial charge on any atom is 0.409 e. The number of para-hydroxylation sites is 1. The summed E-state index contributed by atoms with van der Waals surface area (Å²) in [6, 6.07) is 26.2. The third kappa shape index (κ3) is 15.1. The number of nitrogens with zero attached hydrogens (tertiary/aromatic N) is 11. The third-order valence-corrected chi connectivity index (χ3v) is 23.6. The van der Waals surface area contributed by atoms with Gasteiger partial charge in [-0.3, -0.25) is 14.6 Å². The number of hydrogen-bond donors (Lipinski definition) is 1. The molecular weight excluding hydrogens is 1240 g/mol. The number of unbranched alkanes of at least 4 members (excludes halogenated alkanes) is 1. The SMILES string of the molecule is CCCCNC(=O)N1CC2(CCN(C3CCN(C(=O)OCC)CC3)CC2)c2ccccc21.CCOC(=O)N1CCC(N2CCC3(CC2)CN(C(C)=O)c2ccc(S(C)(=O)=O)cc23)CC1.CN(C)C(=O)N1CC2(CCN(C3CCN(c4ccccn4)CC3)CC2)c2cc(F)ccc21.[HH]. The highest BCUT2D eigenvalue weighted by molar-refractivity contribution is 7.90. The van der Waals surface area contributed by atoms with E-state index in [1.165, 1.54) is 17.9 Å². The predicted molar refractivity (Wildman–Crippen MR) is 375 cm³/mol. The van der Waals surface area contributed by atoms with E-state index in [2.05, 4.69) is 61.1 Å². The van der Waals surface area contributed by atoms with Crippen LogP contribution < -0.4 is 24.9 Å². The van der Waals surface area contributed by atoms with Crippen molar-refractivity contribution < 1.29 is 47.7 Å². The van der Waals surface area contributed by atoms with Crippen molar-refractivity contribution >= 4 is 62.9 Å². The number of nitrogens with one attached hydrogen (secondary N) is 1. The molecule has 23 heteroatoms. The Morgan fingerprint density at radius 1 is 0.583 bits per heavy atom. The number of urea groups is 2. The summed E-state index contributed by atoms with van der Waals surface area (Å²) < 4.78 is 48.8. The number of halogens is 1. The molecule has 1 aromatic heterocycles. The van der Waals surface area contributed by atoms with Gasteiger partial charge in [0.05, 0.1) is 18.1 Å². The van der Waals surface area contributed by atoms with Gasteiger partial charge >= 0.3 is 24.2 Å². The van der Waals surface area contributed by atoms with Crippen molar-refractivity contribution in [2.75, 3.05) is 158 Å². The van der Waals surface area contributed by atoms with Gasteiger partial charge in [0, 0.05) is 152 Å². The van der Waals surface area contributed by atoms with Gasteiger partial charge in [-0.2, -0.15) is 0 Å². The topological polar surface area (TPSA) is 195 Å². The number of anilines is 4. The number of sulfone groups is 1. The Kier molecular flexibility index (Phi) is 22.2. The molecule has 3 aromatic carbocycles. The smallest absolute Gasteiger partial charge is 0.409 e. The molecule has 0 saturated carbocycles. The molecule has 0 radical (unpaired) electrons. The molecule has 21 nitrogen and oxygen atoms in total. The molecule has 10 heterocycles. The summed E-state index contributed by atoms with van der Waals surface area (Å²) in [5.74, 6) is 0.842. The summed E-state index contributed by atoms with van der Waals surface area (Å²) in [5, 5.41) is 3.11. The van der Waals surface area contributed by atoms with Gasteiger partial charge in [-0.05, 0) is 208 Å². The van der Waals surface area contributed by atoms with Crippen LogP contribution in [0.3, 0.4) is 0 Å². The van der Waals surface area contributed by atoms with Crippen LogP contribution in [-0.2, 0) is 40.4 Å². The zero-order chi connectivity index (χ0) is 67.9. The predicted octanol–water partition coefficient (Wildman–Crippen LogP) is 10.4. The number of hydrogen-bond acceptors (Lipinski definition) is 14. The number of piperidine rings is 6. The summed E-state index contributed by atoms with van der Waals surface area (Å²) in [6.07, 6.45) is 16.8. The quantitative estimate of drug-likeness (QED) is 0.147. The second kappa shape index (κ2) is 30.4. The summed E-state index contributed by atoms with van der Waals surface area (Å²) >= 11 is 0. The second-order valence-electron chi connectivity index (χ2n) is 28.4. The molecule has 13 rings (SSSR count). The van der Waals surface area contributed by atoms with E-state index in [9.17, 15) is 36.8 Å². The van der Waals surface area contributed by atoms with E-state index >= 15 is 0 Å². The van der Waals surface area contributed by atoms with E-state index in [0.717, 1.165) is 202 Å².